The van der Waals surface area contributed by atoms with E-state index in [0.29, 0.717) is 16.7 Å². The molecule has 0 aliphatic rings. The van der Waals surface area contributed by atoms with Crippen LogP contribution in [0.15, 0.2) is 88.2 Å². The number of hydrogen-bond acceptors (Lipinski definition) is 7. The van der Waals surface area contributed by atoms with Crippen LogP contribution in [0.1, 0.15) is 30.0 Å². The number of carbonyl (C=O) groups is 1. The minimum atomic E-state index is -3.95. The van der Waals surface area contributed by atoms with Gasteiger partial charge < -0.3 is 25.7 Å². The summed E-state index contributed by atoms with van der Waals surface area (Å²) in [5.74, 6) is -0.535. The quantitative estimate of drug-likeness (QED) is 0.208. The normalized spacial score (nSPS) is 13.6. The highest BCUT2D eigenvalue weighted by Crippen LogP contribution is 2.24. The summed E-state index contributed by atoms with van der Waals surface area (Å²) >= 11 is 0. The molecule has 10 heteroatoms. The fourth-order valence-corrected chi connectivity index (χ4v) is 5.96. The lowest BCUT2D eigenvalue weighted by Gasteiger charge is -2.30. The van der Waals surface area contributed by atoms with Crippen LogP contribution in [0, 0.1) is 5.92 Å². The summed E-state index contributed by atoms with van der Waals surface area (Å²) in [6.45, 7) is 3.71. The lowest BCUT2D eigenvalue weighted by Crippen LogP contribution is -2.51. The molecule has 1 heterocycles. The molecule has 2 atom stereocenters. The third-order valence-electron chi connectivity index (χ3n) is 6.28. The standard InChI is InChI=1S/C29H33N3O6S/c1-19(2)17-32(39(36,37)24-11-8-22(30)9-12-24)18-26(34)25(14-20-6-4-3-5-7-20)31-29(35)28-16-21-15-23(33)10-13-27(21)38-28/h3-13,15-16,19,25-26,33-34H,14,17-18,30H2,1-2H3,(H,31,35)/t25-,26+/m0/s1. The van der Waals surface area contributed by atoms with Gasteiger partial charge in [-0.25, -0.2) is 8.42 Å². The number of aliphatic hydroxyl groups is 1. The number of anilines is 1. The van der Waals surface area contributed by atoms with Gasteiger partial charge >= 0.3 is 0 Å². The Hall–Kier alpha value is -3.86. The second-order valence-electron chi connectivity index (χ2n) is 9.95. The minimum absolute atomic E-state index is 0.00870. The van der Waals surface area contributed by atoms with Crippen molar-refractivity contribution in [2.75, 3.05) is 18.8 Å². The van der Waals surface area contributed by atoms with Crippen molar-refractivity contribution < 1.29 is 27.8 Å². The van der Waals surface area contributed by atoms with Crippen LogP contribution in [0.5, 0.6) is 5.75 Å². The predicted octanol–water partition coefficient (Wildman–Crippen LogP) is 3.77. The Labute approximate surface area is 227 Å². The van der Waals surface area contributed by atoms with Gasteiger partial charge in [-0.15, -0.1) is 0 Å². The summed E-state index contributed by atoms with van der Waals surface area (Å²) in [6.07, 6.45) is -0.989. The molecule has 0 unspecified atom stereocenters. The van der Waals surface area contributed by atoms with Crippen molar-refractivity contribution in [3.63, 3.8) is 0 Å². The van der Waals surface area contributed by atoms with E-state index in [0.717, 1.165) is 5.56 Å². The predicted molar refractivity (Wildman–Crippen MR) is 150 cm³/mol. The fraction of sp³-hybridized carbons (Fsp3) is 0.276. The molecule has 0 saturated carbocycles. The molecule has 0 spiro atoms. The maximum absolute atomic E-state index is 13.5. The number of carbonyl (C=O) groups excluding carboxylic acids is 1. The smallest absolute Gasteiger partial charge is 0.287 e. The molecule has 0 radical (unpaired) electrons. The molecule has 3 aromatic carbocycles. The summed E-state index contributed by atoms with van der Waals surface area (Å²) in [4.78, 5) is 13.3. The van der Waals surface area contributed by atoms with Crippen molar-refractivity contribution in [1.82, 2.24) is 9.62 Å². The third-order valence-corrected chi connectivity index (χ3v) is 8.13. The van der Waals surface area contributed by atoms with E-state index in [1.54, 1.807) is 6.07 Å². The zero-order valence-electron chi connectivity index (χ0n) is 21.8. The lowest BCUT2D eigenvalue weighted by molar-refractivity contribution is 0.0756. The van der Waals surface area contributed by atoms with Gasteiger partial charge in [-0.05, 0) is 66.4 Å². The van der Waals surface area contributed by atoms with E-state index in [9.17, 15) is 23.4 Å². The number of furan rings is 1. The van der Waals surface area contributed by atoms with E-state index < -0.39 is 28.1 Å². The van der Waals surface area contributed by atoms with Crippen molar-refractivity contribution in [2.45, 2.75) is 37.3 Å². The molecule has 5 N–H and O–H groups in total. The average Bonchev–Trinajstić information content (AvgIpc) is 3.32. The summed E-state index contributed by atoms with van der Waals surface area (Å²) in [5.41, 5.74) is 7.46. The van der Waals surface area contributed by atoms with Gasteiger partial charge in [-0.3, -0.25) is 4.79 Å². The third kappa shape index (κ3) is 6.97. The highest BCUT2D eigenvalue weighted by Gasteiger charge is 2.32. The summed E-state index contributed by atoms with van der Waals surface area (Å²) in [6, 6.07) is 20.4. The van der Waals surface area contributed by atoms with Crippen LogP contribution in [0.4, 0.5) is 5.69 Å². The van der Waals surface area contributed by atoms with Crippen LogP contribution >= 0.6 is 0 Å². The zero-order chi connectivity index (χ0) is 28.2. The Morgan fingerprint density at radius 2 is 1.69 bits per heavy atom. The number of phenolic OH excluding ortho intramolecular Hbond substituents is 1. The Morgan fingerprint density at radius 3 is 2.36 bits per heavy atom. The summed E-state index contributed by atoms with van der Waals surface area (Å²) in [7, 11) is -3.95. The number of fused-ring (bicyclic) bond motifs is 1. The van der Waals surface area contributed by atoms with Crippen LogP contribution in [0.25, 0.3) is 11.0 Å². The number of sulfonamides is 1. The molecule has 206 valence electrons. The molecule has 9 nitrogen and oxygen atoms in total. The number of phenols is 1. The first-order valence-corrected chi connectivity index (χ1v) is 14.1. The second kappa shape index (κ2) is 11.9. The zero-order valence-corrected chi connectivity index (χ0v) is 22.6. The van der Waals surface area contributed by atoms with Gasteiger partial charge in [-0.2, -0.15) is 4.31 Å². The lowest BCUT2D eigenvalue weighted by atomic mass is 10.0. The average molecular weight is 552 g/mol. The summed E-state index contributed by atoms with van der Waals surface area (Å²) < 4.78 is 33.9. The van der Waals surface area contributed by atoms with Crippen LogP contribution in [0.2, 0.25) is 0 Å². The highest BCUT2D eigenvalue weighted by atomic mass is 32.2. The molecule has 0 bridgehead atoms. The van der Waals surface area contributed by atoms with Crippen LogP contribution < -0.4 is 11.1 Å². The van der Waals surface area contributed by atoms with Gasteiger partial charge in [0, 0.05) is 24.2 Å². The van der Waals surface area contributed by atoms with Gasteiger partial charge in [0.05, 0.1) is 17.0 Å². The number of rotatable bonds is 11. The maximum Gasteiger partial charge on any atom is 0.287 e. The van der Waals surface area contributed by atoms with E-state index >= 15 is 0 Å². The Balaban J connectivity index is 1.61. The molecule has 0 aliphatic heterocycles. The number of hydrogen-bond donors (Lipinski definition) is 4. The molecule has 1 aromatic heterocycles. The topological polar surface area (TPSA) is 146 Å². The number of nitrogens with zero attached hydrogens (tertiary/aromatic N) is 1. The largest absolute Gasteiger partial charge is 0.508 e. The van der Waals surface area contributed by atoms with Crippen molar-refractivity contribution in [3.8, 4) is 5.75 Å². The molecule has 4 aromatic rings. The fourth-order valence-electron chi connectivity index (χ4n) is 4.34. The van der Waals surface area contributed by atoms with Gasteiger partial charge in [0.2, 0.25) is 10.0 Å². The van der Waals surface area contributed by atoms with E-state index in [2.05, 4.69) is 5.32 Å². The van der Waals surface area contributed by atoms with Crippen molar-refractivity contribution in [2.24, 2.45) is 5.92 Å². The number of nitrogens with two attached hydrogens (primary N) is 1. The maximum atomic E-state index is 13.5. The molecule has 0 saturated heterocycles. The number of nitrogen functional groups attached to an aromatic ring is 1. The van der Waals surface area contributed by atoms with Crippen LogP contribution in [0.3, 0.4) is 0 Å². The molecule has 1 amide bonds. The van der Waals surface area contributed by atoms with Crippen LogP contribution in [-0.2, 0) is 16.4 Å². The van der Waals surface area contributed by atoms with E-state index in [1.165, 1.54) is 46.8 Å². The summed E-state index contributed by atoms with van der Waals surface area (Å²) in [5, 5.41) is 24.5. The number of amides is 1. The molecule has 4 rings (SSSR count). The van der Waals surface area contributed by atoms with Gasteiger partial charge in [-0.1, -0.05) is 44.2 Å². The van der Waals surface area contributed by atoms with E-state index in [-0.39, 0.29) is 41.8 Å². The van der Waals surface area contributed by atoms with Crippen molar-refractivity contribution in [1.29, 1.82) is 0 Å². The van der Waals surface area contributed by atoms with Crippen molar-refractivity contribution >= 4 is 32.6 Å². The van der Waals surface area contributed by atoms with Crippen LogP contribution in [-0.4, -0.2) is 54.1 Å². The Bertz CT molecular complexity index is 1520. The SMILES string of the molecule is CC(C)CN(C[C@@H](O)[C@H](Cc1ccccc1)NC(=O)c1cc2cc(O)ccc2o1)S(=O)(=O)c1ccc(N)cc1. The molecular formula is C29H33N3O6S. The second-order valence-corrected chi connectivity index (χ2v) is 11.9. The number of nitrogens with one attached hydrogen (secondary N) is 1. The first kappa shape index (κ1) is 28.2. The molecule has 39 heavy (non-hydrogen) atoms. The first-order valence-electron chi connectivity index (χ1n) is 12.6. The Kier molecular flexibility index (Phi) is 8.59. The highest BCUT2D eigenvalue weighted by molar-refractivity contribution is 7.89. The van der Waals surface area contributed by atoms with E-state index in [4.69, 9.17) is 10.2 Å². The van der Waals surface area contributed by atoms with Gasteiger partial charge in [0.25, 0.3) is 5.91 Å². The first-order chi connectivity index (χ1) is 18.5. The molecule has 0 aliphatic carbocycles. The number of aliphatic hydroxyl groups excluding tert-OH is 1. The number of benzene rings is 3. The minimum Gasteiger partial charge on any atom is -0.508 e. The number of aromatic hydroxyl groups is 1. The van der Waals surface area contributed by atoms with Crippen molar-refractivity contribution in [3.05, 3.63) is 90.2 Å². The monoisotopic (exact) mass is 551 g/mol. The van der Waals surface area contributed by atoms with E-state index in [1.807, 2.05) is 44.2 Å². The van der Waals surface area contributed by atoms with Gasteiger partial charge in [0.15, 0.2) is 5.76 Å². The van der Waals surface area contributed by atoms with Gasteiger partial charge in [0.1, 0.15) is 11.3 Å². The molecular weight excluding hydrogens is 518 g/mol. The Morgan fingerprint density at radius 1 is 1.00 bits per heavy atom. The molecule has 0 fully saturated rings.